The van der Waals surface area contributed by atoms with Crippen molar-refractivity contribution in [3.05, 3.63) is 28.7 Å². The molecule has 1 unspecified atom stereocenters. The minimum Gasteiger partial charge on any atom is -0.491 e. The topological polar surface area (TPSA) is 52.9 Å². The van der Waals surface area contributed by atoms with Gasteiger partial charge in [-0.2, -0.15) is 0 Å². The number of hydrogen-bond acceptors (Lipinski definition) is 4. The monoisotopic (exact) mass is 331 g/mol. The third-order valence-electron chi connectivity index (χ3n) is 2.42. The van der Waals surface area contributed by atoms with E-state index in [1.807, 2.05) is 36.2 Å². The molecule has 0 spiro atoms. The minimum atomic E-state index is -0.764. The lowest BCUT2D eigenvalue weighted by Crippen LogP contribution is -2.41. The van der Waals surface area contributed by atoms with Crippen LogP contribution in [0, 0.1) is 0 Å². The zero-order valence-corrected chi connectivity index (χ0v) is 13.2. The second-order valence-electron chi connectivity index (χ2n) is 5.43. The summed E-state index contributed by atoms with van der Waals surface area (Å²) in [6.07, 6.45) is -0.591. The second-order valence-corrected chi connectivity index (χ2v) is 6.35. The number of aliphatic hydroxyl groups is 2. The second kappa shape index (κ2) is 7.24. The molecule has 1 atom stereocenters. The summed E-state index contributed by atoms with van der Waals surface area (Å²) in [6.45, 7) is 4.67. The van der Waals surface area contributed by atoms with Crippen molar-refractivity contribution in [1.29, 1.82) is 0 Å². The first-order valence-corrected chi connectivity index (χ1v) is 7.03. The molecule has 0 fully saturated rings. The van der Waals surface area contributed by atoms with Gasteiger partial charge in [-0.25, -0.2) is 0 Å². The van der Waals surface area contributed by atoms with Crippen molar-refractivity contribution in [3.63, 3.8) is 0 Å². The standard InChI is InChI=1S/C14H22BrNO3/c1-14(2,18)10-16(3)8-12(17)9-19-13-6-4-5-11(15)7-13/h4-7,12,17-18H,8-10H2,1-3H3. The van der Waals surface area contributed by atoms with Crippen molar-refractivity contribution in [1.82, 2.24) is 4.90 Å². The van der Waals surface area contributed by atoms with E-state index in [1.54, 1.807) is 13.8 Å². The van der Waals surface area contributed by atoms with Gasteiger partial charge in [0.1, 0.15) is 18.5 Å². The maximum atomic E-state index is 9.89. The number of likely N-dealkylation sites (N-methyl/N-ethyl adjacent to an activating group) is 1. The summed E-state index contributed by atoms with van der Waals surface area (Å²) < 4.78 is 6.45. The summed E-state index contributed by atoms with van der Waals surface area (Å²) in [5.74, 6) is 0.721. The van der Waals surface area contributed by atoms with Gasteiger partial charge in [-0.15, -0.1) is 0 Å². The lowest BCUT2D eigenvalue weighted by atomic mass is 10.1. The van der Waals surface area contributed by atoms with Crippen molar-refractivity contribution in [2.75, 3.05) is 26.7 Å². The van der Waals surface area contributed by atoms with Gasteiger partial charge in [-0.3, -0.25) is 0 Å². The number of ether oxygens (including phenoxy) is 1. The molecule has 0 aliphatic heterocycles. The van der Waals surface area contributed by atoms with Gasteiger partial charge in [0.15, 0.2) is 0 Å². The molecule has 0 heterocycles. The van der Waals surface area contributed by atoms with Crippen LogP contribution >= 0.6 is 15.9 Å². The van der Waals surface area contributed by atoms with Crippen LogP contribution in [0.1, 0.15) is 13.8 Å². The normalized spacial score (nSPS) is 13.6. The predicted molar refractivity (Wildman–Crippen MR) is 79.4 cm³/mol. The number of hydrogen-bond donors (Lipinski definition) is 2. The third kappa shape index (κ3) is 7.52. The summed E-state index contributed by atoms with van der Waals surface area (Å²) in [6, 6.07) is 7.50. The van der Waals surface area contributed by atoms with Crippen LogP contribution in [0.4, 0.5) is 0 Å². The van der Waals surface area contributed by atoms with Crippen molar-refractivity contribution >= 4 is 15.9 Å². The lowest BCUT2D eigenvalue weighted by Gasteiger charge is -2.27. The number of benzene rings is 1. The van der Waals surface area contributed by atoms with Crippen molar-refractivity contribution in [2.24, 2.45) is 0 Å². The maximum Gasteiger partial charge on any atom is 0.120 e. The van der Waals surface area contributed by atoms with E-state index in [4.69, 9.17) is 4.74 Å². The summed E-state index contributed by atoms with van der Waals surface area (Å²) in [4.78, 5) is 1.88. The van der Waals surface area contributed by atoms with Crippen LogP contribution in [-0.4, -0.2) is 53.6 Å². The molecule has 5 heteroatoms. The molecule has 0 amide bonds. The Labute approximate surface area is 123 Å². The van der Waals surface area contributed by atoms with Gasteiger partial charge in [-0.05, 0) is 39.1 Å². The Kier molecular flexibility index (Phi) is 6.26. The van der Waals surface area contributed by atoms with Crippen LogP contribution in [0.25, 0.3) is 0 Å². The van der Waals surface area contributed by atoms with E-state index in [1.165, 1.54) is 0 Å². The highest BCUT2D eigenvalue weighted by Crippen LogP contribution is 2.17. The van der Waals surface area contributed by atoms with Gasteiger partial charge in [0, 0.05) is 17.6 Å². The first-order valence-electron chi connectivity index (χ1n) is 6.23. The van der Waals surface area contributed by atoms with Crippen molar-refractivity contribution in [3.8, 4) is 5.75 Å². The molecule has 0 aliphatic carbocycles. The fraction of sp³-hybridized carbons (Fsp3) is 0.571. The molecule has 0 aromatic heterocycles. The zero-order valence-electron chi connectivity index (χ0n) is 11.6. The van der Waals surface area contributed by atoms with Gasteiger partial charge in [0.25, 0.3) is 0 Å². The zero-order chi connectivity index (χ0) is 14.5. The Morgan fingerprint density at radius 1 is 1.42 bits per heavy atom. The number of nitrogens with zero attached hydrogens (tertiary/aromatic N) is 1. The highest BCUT2D eigenvalue weighted by Gasteiger charge is 2.17. The fourth-order valence-electron chi connectivity index (χ4n) is 1.89. The van der Waals surface area contributed by atoms with E-state index in [9.17, 15) is 10.2 Å². The SMILES string of the molecule is CN(CC(O)COc1cccc(Br)c1)CC(C)(C)O. The van der Waals surface area contributed by atoms with E-state index in [0.717, 1.165) is 10.2 Å². The van der Waals surface area contributed by atoms with E-state index in [-0.39, 0.29) is 6.61 Å². The quantitative estimate of drug-likeness (QED) is 0.801. The minimum absolute atomic E-state index is 0.229. The molecule has 0 bridgehead atoms. The Balaban J connectivity index is 2.33. The number of halogens is 1. The summed E-state index contributed by atoms with van der Waals surface area (Å²) in [5.41, 5.74) is -0.764. The Morgan fingerprint density at radius 2 is 2.11 bits per heavy atom. The molecule has 1 aromatic carbocycles. The van der Waals surface area contributed by atoms with E-state index in [0.29, 0.717) is 13.1 Å². The largest absolute Gasteiger partial charge is 0.491 e. The first-order chi connectivity index (χ1) is 8.76. The van der Waals surface area contributed by atoms with E-state index >= 15 is 0 Å². The van der Waals surface area contributed by atoms with Crippen LogP contribution in [0.3, 0.4) is 0 Å². The molecule has 19 heavy (non-hydrogen) atoms. The van der Waals surface area contributed by atoms with Crippen molar-refractivity contribution in [2.45, 2.75) is 25.6 Å². The summed E-state index contributed by atoms with van der Waals surface area (Å²) >= 11 is 3.36. The number of rotatable bonds is 7. The summed E-state index contributed by atoms with van der Waals surface area (Å²) in [7, 11) is 1.86. The van der Waals surface area contributed by atoms with Gasteiger partial charge < -0.3 is 19.8 Å². The average Bonchev–Trinajstić information content (AvgIpc) is 2.23. The first kappa shape index (κ1) is 16.4. The molecule has 0 saturated carbocycles. The highest BCUT2D eigenvalue weighted by molar-refractivity contribution is 9.10. The van der Waals surface area contributed by atoms with Crippen LogP contribution in [0.15, 0.2) is 28.7 Å². The average molecular weight is 332 g/mol. The molecule has 0 aliphatic rings. The molecular weight excluding hydrogens is 310 g/mol. The van der Waals surface area contributed by atoms with Crippen LogP contribution in [0.5, 0.6) is 5.75 Å². The molecule has 2 N–H and O–H groups in total. The molecule has 4 nitrogen and oxygen atoms in total. The highest BCUT2D eigenvalue weighted by atomic mass is 79.9. The van der Waals surface area contributed by atoms with Gasteiger partial charge in [0.05, 0.1) is 5.60 Å². The maximum absolute atomic E-state index is 9.89. The Morgan fingerprint density at radius 3 is 2.68 bits per heavy atom. The lowest BCUT2D eigenvalue weighted by molar-refractivity contribution is 0.0194. The predicted octanol–water partition coefficient (Wildman–Crippen LogP) is 1.89. The van der Waals surface area contributed by atoms with Gasteiger partial charge in [0.2, 0.25) is 0 Å². The molecular formula is C14H22BrNO3. The third-order valence-corrected chi connectivity index (χ3v) is 2.91. The number of aliphatic hydroxyl groups excluding tert-OH is 1. The molecule has 1 aromatic rings. The molecule has 0 radical (unpaired) electrons. The Bertz CT molecular complexity index is 393. The Hall–Kier alpha value is -0.620. The van der Waals surface area contributed by atoms with Gasteiger partial charge >= 0.3 is 0 Å². The van der Waals surface area contributed by atoms with Crippen LogP contribution < -0.4 is 4.74 Å². The van der Waals surface area contributed by atoms with Crippen LogP contribution in [0.2, 0.25) is 0 Å². The van der Waals surface area contributed by atoms with Crippen molar-refractivity contribution < 1.29 is 14.9 Å². The van der Waals surface area contributed by atoms with Crippen LogP contribution in [-0.2, 0) is 0 Å². The molecule has 108 valence electrons. The molecule has 0 saturated heterocycles. The molecule has 1 rings (SSSR count). The van der Waals surface area contributed by atoms with E-state index < -0.39 is 11.7 Å². The fourth-order valence-corrected chi connectivity index (χ4v) is 2.27. The summed E-state index contributed by atoms with van der Waals surface area (Å²) in [5, 5.41) is 19.6. The van der Waals surface area contributed by atoms with Gasteiger partial charge in [-0.1, -0.05) is 22.0 Å². The smallest absolute Gasteiger partial charge is 0.120 e. The van der Waals surface area contributed by atoms with E-state index in [2.05, 4.69) is 15.9 Å².